The maximum Gasteiger partial charge on any atom is 0.306 e. The molecule has 12 heavy (non-hydrogen) atoms. The predicted molar refractivity (Wildman–Crippen MR) is 47.9 cm³/mol. The molecule has 2 heteroatoms. The highest BCUT2D eigenvalue weighted by atomic mass is 16.4. The lowest BCUT2D eigenvalue weighted by Crippen LogP contribution is -2.25. The summed E-state index contributed by atoms with van der Waals surface area (Å²) in [5, 5.41) is 8.93. The van der Waals surface area contributed by atoms with Gasteiger partial charge in [-0.05, 0) is 23.7 Å². The molecule has 0 radical (unpaired) electrons. The van der Waals surface area contributed by atoms with Gasteiger partial charge in [0, 0.05) is 0 Å². The summed E-state index contributed by atoms with van der Waals surface area (Å²) < 4.78 is 0. The van der Waals surface area contributed by atoms with E-state index in [1.165, 1.54) is 0 Å². The van der Waals surface area contributed by atoms with Gasteiger partial charge in [-0.1, -0.05) is 27.7 Å². The molecule has 0 aromatic rings. The van der Waals surface area contributed by atoms with Crippen molar-refractivity contribution in [1.29, 1.82) is 0 Å². The Bertz CT molecular complexity index is 196. The SMILES string of the molecule is CC1CC(C(=O)O)C(C)C1(C)C. The molecule has 1 rings (SSSR count). The van der Waals surface area contributed by atoms with Crippen molar-refractivity contribution in [2.45, 2.75) is 34.1 Å². The number of hydrogen-bond acceptors (Lipinski definition) is 1. The molecule has 1 aliphatic rings. The molecule has 0 saturated heterocycles. The van der Waals surface area contributed by atoms with Crippen molar-refractivity contribution >= 4 is 5.97 Å². The molecule has 0 spiro atoms. The van der Waals surface area contributed by atoms with Crippen molar-refractivity contribution in [2.75, 3.05) is 0 Å². The number of rotatable bonds is 1. The third-order valence-electron chi connectivity index (χ3n) is 3.97. The first-order valence-electron chi connectivity index (χ1n) is 4.60. The molecular formula is C10H18O2. The quantitative estimate of drug-likeness (QED) is 0.656. The Hall–Kier alpha value is -0.530. The summed E-state index contributed by atoms with van der Waals surface area (Å²) in [7, 11) is 0. The minimum absolute atomic E-state index is 0.130. The van der Waals surface area contributed by atoms with E-state index in [4.69, 9.17) is 5.11 Å². The van der Waals surface area contributed by atoms with Crippen LogP contribution in [0.4, 0.5) is 0 Å². The van der Waals surface area contributed by atoms with Crippen molar-refractivity contribution in [3.8, 4) is 0 Å². The standard InChI is InChI=1S/C10H18O2/c1-6-5-8(9(11)12)7(2)10(6,3)4/h6-8H,5H2,1-4H3,(H,11,12). The highest BCUT2D eigenvalue weighted by molar-refractivity contribution is 5.71. The predicted octanol–water partition coefficient (Wildman–Crippen LogP) is 2.39. The van der Waals surface area contributed by atoms with Crippen LogP contribution in [-0.2, 0) is 4.79 Å². The van der Waals surface area contributed by atoms with E-state index in [9.17, 15) is 4.79 Å². The van der Waals surface area contributed by atoms with Crippen LogP contribution in [0.3, 0.4) is 0 Å². The van der Waals surface area contributed by atoms with Crippen molar-refractivity contribution in [3.05, 3.63) is 0 Å². The van der Waals surface area contributed by atoms with E-state index in [0.717, 1.165) is 6.42 Å². The molecule has 2 nitrogen and oxygen atoms in total. The van der Waals surface area contributed by atoms with Gasteiger partial charge in [-0.3, -0.25) is 4.79 Å². The minimum Gasteiger partial charge on any atom is -0.481 e. The Morgan fingerprint density at radius 2 is 1.92 bits per heavy atom. The smallest absolute Gasteiger partial charge is 0.306 e. The molecule has 1 aliphatic carbocycles. The molecule has 0 amide bonds. The average molecular weight is 170 g/mol. The van der Waals surface area contributed by atoms with Crippen LogP contribution >= 0.6 is 0 Å². The molecule has 0 bridgehead atoms. The summed E-state index contributed by atoms with van der Waals surface area (Å²) in [6.45, 7) is 8.55. The highest BCUT2D eigenvalue weighted by Crippen LogP contribution is 2.50. The zero-order chi connectivity index (χ0) is 9.52. The van der Waals surface area contributed by atoms with Crippen LogP contribution in [0.5, 0.6) is 0 Å². The van der Waals surface area contributed by atoms with Gasteiger partial charge < -0.3 is 5.11 Å². The number of carboxylic acid groups (broad SMARTS) is 1. The lowest BCUT2D eigenvalue weighted by Gasteiger charge is -2.29. The van der Waals surface area contributed by atoms with E-state index >= 15 is 0 Å². The van der Waals surface area contributed by atoms with E-state index in [-0.39, 0.29) is 11.3 Å². The normalized spacial score (nSPS) is 39.8. The molecule has 0 aliphatic heterocycles. The fourth-order valence-corrected chi connectivity index (χ4v) is 2.17. The average Bonchev–Trinajstić information content (AvgIpc) is 2.13. The topological polar surface area (TPSA) is 37.3 Å². The van der Waals surface area contributed by atoms with Crippen molar-refractivity contribution < 1.29 is 9.90 Å². The molecule has 1 saturated carbocycles. The van der Waals surface area contributed by atoms with Gasteiger partial charge in [0.25, 0.3) is 0 Å². The van der Waals surface area contributed by atoms with Crippen LogP contribution in [0.25, 0.3) is 0 Å². The molecule has 0 heterocycles. The van der Waals surface area contributed by atoms with Gasteiger partial charge in [0.15, 0.2) is 0 Å². The molecule has 0 aromatic heterocycles. The number of carboxylic acids is 1. The maximum atomic E-state index is 10.8. The van der Waals surface area contributed by atoms with Gasteiger partial charge in [0.1, 0.15) is 0 Å². The summed E-state index contributed by atoms with van der Waals surface area (Å²) in [5.41, 5.74) is 0.184. The van der Waals surface area contributed by atoms with E-state index < -0.39 is 5.97 Å². The van der Waals surface area contributed by atoms with Gasteiger partial charge in [-0.2, -0.15) is 0 Å². The first-order chi connectivity index (χ1) is 5.37. The van der Waals surface area contributed by atoms with Gasteiger partial charge in [-0.15, -0.1) is 0 Å². The summed E-state index contributed by atoms with van der Waals surface area (Å²) in [6.07, 6.45) is 0.837. The maximum absolute atomic E-state index is 10.8. The summed E-state index contributed by atoms with van der Waals surface area (Å²) in [5.74, 6) is 0.0634. The van der Waals surface area contributed by atoms with Gasteiger partial charge in [0.2, 0.25) is 0 Å². The van der Waals surface area contributed by atoms with E-state index in [0.29, 0.717) is 11.8 Å². The Labute approximate surface area is 74.0 Å². The lowest BCUT2D eigenvalue weighted by atomic mass is 9.76. The Morgan fingerprint density at radius 1 is 1.42 bits per heavy atom. The number of aliphatic carboxylic acids is 1. The molecule has 1 fully saturated rings. The Balaban J connectivity index is 2.83. The largest absolute Gasteiger partial charge is 0.481 e. The van der Waals surface area contributed by atoms with E-state index in [1.807, 2.05) is 0 Å². The number of hydrogen-bond donors (Lipinski definition) is 1. The van der Waals surface area contributed by atoms with Crippen LogP contribution in [0, 0.1) is 23.2 Å². The van der Waals surface area contributed by atoms with Crippen LogP contribution in [0.2, 0.25) is 0 Å². The van der Waals surface area contributed by atoms with E-state index in [2.05, 4.69) is 27.7 Å². The summed E-state index contributed by atoms with van der Waals surface area (Å²) in [6, 6.07) is 0. The third-order valence-corrected chi connectivity index (χ3v) is 3.97. The highest BCUT2D eigenvalue weighted by Gasteiger charge is 2.47. The second-order valence-electron chi connectivity index (χ2n) is 4.69. The second-order valence-corrected chi connectivity index (χ2v) is 4.69. The van der Waals surface area contributed by atoms with Crippen LogP contribution in [0.15, 0.2) is 0 Å². The van der Waals surface area contributed by atoms with Crippen LogP contribution in [-0.4, -0.2) is 11.1 Å². The second kappa shape index (κ2) is 2.75. The third kappa shape index (κ3) is 1.23. The monoisotopic (exact) mass is 170 g/mol. The van der Waals surface area contributed by atoms with Gasteiger partial charge >= 0.3 is 5.97 Å². The first-order valence-corrected chi connectivity index (χ1v) is 4.60. The summed E-state index contributed by atoms with van der Waals surface area (Å²) >= 11 is 0. The fraction of sp³-hybridized carbons (Fsp3) is 0.900. The van der Waals surface area contributed by atoms with Crippen molar-refractivity contribution in [1.82, 2.24) is 0 Å². The van der Waals surface area contributed by atoms with Crippen molar-refractivity contribution in [3.63, 3.8) is 0 Å². The lowest BCUT2D eigenvalue weighted by molar-refractivity contribution is -0.143. The minimum atomic E-state index is -0.625. The first kappa shape index (κ1) is 9.56. The van der Waals surface area contributed by atoms with Crippen LogP contribution in [0.1, 0.15) is 34.1 Å². The molecule has 3 atom stereocenters. The zero-order valence-electron chi connectivity index (χ0n) is 8.29. The van der Waals surface area contributed by atoms with E-state index in [1.54, 1.807) is 0 Å². The summed E-state index contributed by atoms with van der Waals surface area (Å²) in [4.78, 5) is 10.8. The van der Waals surface area contributed by atoms with Crippen molar-refractivity contribution in [2.24, 2.45) is 23.2 Å². The van der Waals surface area contributed by atoms with Crippen LogP contribution < -0.4 is 0 Å². The zero-order valence-corrected chi connectivity index (χ0v) is 8.29. The Kier molecular flexibility index (Phi) is 2.19. The molecular weight excluding hydrogens is 152 g/mol. The van der Waals surface area contributed by atoms with Gasteiger partial charge in [0.05, 0.1) is 5.92 Å². The molecule has 0 aromatic carbocycles. The molecule has 3 unspecified atom stereocenters. The Morgan fingerprint density at radius 3 is 2.08 bits per heavy atom. The molecule has 1 N–H and O–H groups in total. The number of carbonyl (C=O) groups is 1. The molecule has 70 valence electrons. The van der Waals surface area contributed by atoms with Gasteiger partial charge in [-0.25, -0.2) is 0 Å². The fourth-order valence-electron chi connectivity index (χ4n) is 2.17.